The minimum atomic E-state index is -0.837. The molecule has 126 valence electrons. The molecule has 6 N–H and O–H groups in total. The molecule has 0 saturated heterocycles. The minimum absolute atomic E-state index is 0.217. The zero-order valence-electron chi connectivity index (χ0n) is 12.9. The van der Waals surface area contributed by atoms with Crippen molar-refractivity contribution in [2.45, 2.75) is 6.10 Å². The number of nitrogens with two attached hydrogens (primary N) is 1. The van der Waals surface area contributed by atoms with Gasteiger partial charge in [0, 0.05) is 29.0 Å². The molecule has 0 saturated carbocycles. The van der Waals surface area contributed by atoms with E-state index in [1.807, 2.05) is 0 Å². The lowest BCUT2D eigenvalue weighted by atomic mass is 10.1. The van der Waals surface area contributed by atoms with E-state index >= 15 is 0 Å². The number of carbonyl (C=O) groups excluding carboxylic acids is 2. The summed E-state index contributed by atoms with van der Waals surface area (Å²) in [6.45, 7) is -0.101. The van der Waals surface area contributed by atoms with Gasteiger partial charge in [-0.15, -0.1) is 0 Å². The van der Waals surface area contributed by atoms with E-state index in [0.29, 0.717) is 16.8 Å². The van der Waals surface area contributed by atoms with Crippen LogP contribution in [-0.4, -0.2) is 41.3 Å². The number of rotatable bonds is 7. The van der Waals surface area contributed by atoms with Crippen LogP contribution >= 0.6 is 0 Å². The molecule has 2 aromatic rings. The number of aliphatic hydroxyl groups is 2. The average Bonchev–Trinajstić information content (AvgIpc) is 2.60. The lowest BCUT2D eigenvalue weighted by molar-refractivity contribution is 0.0998. The number of anilines is 2. The molecular weight excluding hydrogens is 310 g/mol. The summed E-state index contributed by atoms with van der Waals surface area (Å²) in [7, 11) is 0. The number of hydrogen-bond donors (Lipinski definition) is 5. The number of amides is 2. The van der Waals surface area contributed by atoms with Crippen LogP contribution in [0.5, 0.6) is 0 Å². The highest BCUT2D eigenvalue weighted by atomic mass is 16.3. The van der Waals surface area contributed by atoms with Gasteiger partial charge in [-0.3, -0.25) is 9.59 Å². The van der Waals surface area contributed by atoms with Gasteiger partial charge in [-0.05, 0) is 48.5 Å². The third-order valence-corrected chi connectivity index (χ3v) is 3.33. The molecule has 2 aromatic carbocycles. The second kappa shape index (κ2) is 8.09. The lowest BCUT2D eigenvalue weighted by Gasteiger charge is -2.11. The number of carbonyl (C=O) groups is 2. The molecule has 2 rings (SSSR count). The first kappa shape index (κ1) is 17.5. The monoisotopic (exact) mass is 329 g/mol. The second-order valence-electron chi connectivity index (χ2n) is 5.19. The Bertz CT molecular complexity index is 699. The van der Waals surface area contributed by atoms with E-state index in [0.717, 1.165) is 5.69 Å². The fraction of sp³-hybridized carbons (Fsp3) is 0.176. The highest BCUT2D eigenvalue weighted by Crippen LogP contribution is 2.13. The summed E-state index contributed by atoms with van der Waals surface area (Å²) in [4.78, 5) is 23.2. The predicted octanol–water partition coefficient (Wildman–Crippen LogP) is 0.803. The smallest absolute Gasteiger partial charge is 0.255 e. The summed E-state index contributed by atoms with van der Waals surface area (Å²) in [6.07, 6.45) is -0.837. The number of benzene rings is 2. The van der Waals surface area contributed by atoms with Crippen molar-refractivity contribution >= 4 is 23.2 Å². The van der Waals surface area contributed by atoms with Crippen LogP contribution in [0.3, 0.4) is 0 Å². The molecule has 0 radical (unpaired) electrons. The Labute approximate surface area is 139 Å². The first-order valence-electron chi connectivity index (χ1n) is 7.33. The van der Waals surface area contributed by atoms with Crippen molar-refractivity contribution in [2.75, 3.05) is 23.8 Å². The molecule has 1 unspecified atom stereocenters. The highest BCUT2D eigenvalue weighted by Gasteiger charge is 2.07. The standard InChI is InChI=1S/C17H19N3O4/c18-16(23)11-1-7-14(8-2-11)20-17(24)12-3-5-13(6-4-12)19-9-15(22)10-21/h1-8,15,19,21-22H,9-10H2,(H2,18,23)(H,20,24). The zero-order valence-corrected chi connectivity index (χ0v) is 12.9. The molecule has 0 heterocycles. The van der Waals surface area contributed by atoms with Gasteiger partial charge in [-0.1, -0.05) is 0 Å². The zero-order chi connectivity index (χ0) is 17.5. The van der Waals surface area contributed by atoms with Crippen LogP contribution in [0.4, 0.5) is 11.4 Å². The molecular formula is C17H19N3O4. The summed E-state index contributed by atoms with van der Waals surface area (Å²) < 4.78 is 0. The Balaban J connectivity index is 1.95. The van der Waals surface area contributed by atoms with E-state index in [1.54, 1.807) is 36.4 Å². The molecule has 0 aromatic heterocycles. The van der Waals surface area contributed by atoms with Crippen molar-refractivity contribution in [3.05, 3.63) is 59.7 Å². The molecule has 7 heteroatoms. The summed E-state index contributed by atoms with van der Waals surface area (Å²) in [5.41, 5.74) is 7.27. The maximum atomic E-state index is 12.2. The van der Waals surface area contributed by atoms with Crippen LogP contribution in [0.2, 0.25) is 0 Å². The molecule has 0 fully saturated rings. The van der Waals surface area contributed by atoms with E-state index in [9.17, 15) is 14.7 Å². The van der Waals surface area contributed by atoms with Gasteiger partial charge < -0.3 is 26.6 Å². The van der Waals surface area contributed by atoms with Crippen LogP contribution in [-0.2, 0) is 0 Å². The van der Waals surface area contributed by atoms with E-state index in [4.69, 9.17) is 10.8 Å². The average molecular weight is 329 g/mol. The van der Waals surface area contributed by atoms with Crippen LogP contribution < -0.4 is 16.4 Å². The van der Waals surface area contributed by atoms with Crippen molar-refractivity contribution in [3.8, 4) is 0 Å². The molecule has 2 amide bonds. The molecule has 24 heavy (non-hydrogen) atoms. The van der Waals surface area contributed by atoms with Crippen LogP contribution in [0.1, 0.15) is 20.7 Å². The van der Waals surface area contributed by atoms with E-state index in [-0.39, 0.29) is 19.1 Å². The number of aliphatic hydroxyl groups excluding tert-OH is 2. The fourth-order valence-corrected chi connectivity index (χ4v) is 1.96. The molecule has 0 aliphatic heterocycles. The van der Waals surface area contributed by atoms with Gasteiger partial charge in [0.15, 0.2) is 0 Å². The number of hydrogen-bond acceptors (Lipinski definition) is 5. The first-order valence-corrected chi connectivity index (χ1v) is 7.33. The normalized spacial score (nSPS) is 11.6. The van der Waals surface area contributed by atoms with Crippen molar-refractivity contribution < 1.29 is 19.8 Å². The van der Waals surface area contributed by atoms with Crippen LogP contribution in [0, 0.1) is 0 Å². The van der Waals surface area contributed by atoms with Gasteiger partial charge in [0.05, 0.1) is 12.7 Å². The maximum Gasteiger partial charge on any atom is 0.255 e. The largest absolute Gasteiger partial charge is 0.394 e. The van der Waals surface area contributed by atoms with Crippen molar-refractivity contribution in [1.82, 2.24) is 0 Å². The Morgan fingerprint density at radius 3 is 2.04 bits per heavy atom. The van der Waals surface area contributed by atoms with Gasteiger partial charge in [0.1, 0.15) is 0 Å². The third-order valence-electron chi connectivity index (χ3n) is 3.33. The summed E-state index contributed by atoms with van der Waals surface area (Å²) >= 11 is 0. The third kappa shape index (κ3) is 4.80. The highest BCUT2D eigenvalue weighted by molar-refractivity contribution is 6.04. The van der Waals surface area contributed by atoms with Crippen LogP contribution in [0.15, 0.2) is 48.5 Å². The van der Waals surface area contributed by atoms with Gasteiger partial charge >= 0.3 is 0 Å². The van der Waals surface area contributed by atoms with Gasteiger partial charge in [-0.2, -0.15) is 0 Å². The topological polar surface area (TPSA) is 125 Å². The molecule has 0 spiro atoms. The number of primary amides is 1. The molecule has 1 atom stereocenters. The predicted molar refractivity (Wildman–Crippen MR) is 90.9 cm³/mol. The number of nitrogens with one attached hydrogen (secondary N) is 2. The van der Waals surface area contributed by atoms with E-state index in [2.05, 4.69) is 10.6 Å². The van der Waals surface area contributed by atoms with E-state index < -0.39 is 12.0 Å². The molecule has 0 bridgehead atoms. The van der Waals surface area contributed by atoms with Gasteiger partial charge in [0.2, 0.25) is 5.91 Å². The van der Waals surface area contributed by atoms with Gasteiger partial charge in [-0.25, -0.2) is 0 Å². The van der Waals surface area contributed by atoms with E-state index in [1.165, 1.54) is 12.1 Å². The maximum absolute atomic E-state index is 12.2. The Kier molecular flexibility index (Phi) is 5.89. The summed E-state index contributed by atoms with van der Waals surface area (Å²) in [5, 5.41) is 23.7. The SMILES string of the molecule is NC(=O)c1ccc(NC(=O)c2ccc(NCC(O)CO)cc2)cc1. The van der Waals surface area contributed by atoms with Crippen molar-refractivity contribution in [2.24, 2.45) is 5.73 Å². The molecule has 0 aliphatic carbocycles. The Hall–Kier alpha value is -2.90. The minimum Gasteiger partial charge on any atom is -0.394 e. The fourth-order valence-electron chi connectivity index (χ4n) is 1.96. The second-order valence-corrected chi connectivity index (χ2v) is 5.19. The summed E-state index contributed by atoms with van der Waals surface area (Å²) in [6, 6.07) is 13.0. The van der Waals surface area contributed by atoms with Crippen molar-refractivity contribution in [3.63, 3.8) is 0 Å². The molecule has 0 aliphatic rings. The lowest BCUT2D eigenvalue weighted by Crippen LogP contribution is -2.22. The summed E-state index contributed by atoms with van der Waals surface area (Å²) in [5.74, 6) is -0.814. The molecule has 7 nitrogen and oxygen atoms in total. The van der Waals surface area contributed by atoms with Crippen LogP contribution in [0.25, 0.3) is 0 Å². The quantitative estimate of drug-likeness (QED) is 0.514. The van der Waals surface area contributed by atoms with Crippen molar-refractivity contribution in [1.29, 1.82) is 0 Å². The van der Waals surface area contributed by atoms with Gasteiger partial charge in [0.25, 0.3) is 5.91 Å². The first-order chi connectivity index (χ1) is 11.5. The Morgan fingerprint density at radius 2 is 1.50 bits per heavy atom. The Morgan fingerprint density at radius 1 is 0.958 bits per heavy atom.